The quantitative estimate of drug-likeness (QED) is 0.156. The molecule has 0 aliphatic heterocycles. The van der Waals surface area contributed by atoms with Gasteiger partial charge in [0.25, 0.3) is 0 Å². The zero-order chi connectivity index (χ0) is 28.8. The summed E-state index contributed by atoms with van der Waals surface area (Å²) < 4.78 is 37.0. The summed E-state index contributed by atoms with van der Waals surface area (Å²) in [5.74, 6) is -5.13. The fraction of sp³-hybridized carbons (Fsp3) is 0.364. The number of aliphatic hydroxyl groups is 2. The molecule has 0 bridgehead atoms. The predicted molar refractivity (Wildman–Crippen MR) is 129 cm³/mol. The monoisotopic (exact) mass is 724 g/mol. The molecule has 0 aromatic carbocycles. The van der Waals surface area contributed by atoms with Gasteiger partial charge in [-0.25, -0.2) is 0 Å². The van der Waals surface area contributed by atoms with Crippen LogP contribution in [0.15, 0.2) is 66.0 Å². The fourth-order valence-electron chi connectivity index (χ4n) is 3.16. The SMILES string of the molecule is C=C(O)C(=O)[O-].C=C(O)C(=O)[O-].CO[Si](OC)(OC)C1=[C]([Hf+2][C]2=C([Si](OC)(OC)OC)C=CC2)CC=C1. The average Bonchev–Trinajstić information content (AvgIpc) is 3.54. The molecule has 0 atom stereocenters. The molecule has 12 nitrogen and oxygen atoms in total. The van der Waals surface area contributed by atoms with Crippen molar-refractivity contribution in [1.82, 2.24) is 0 Å². The average molecular weight is 723 g/mol. The molecule has 2 aliphatic rings. The zero-order valence-electron chi connectivity index (χ0n) is 21.6. The first-order valence-electron chi connectivity index (χ1n) is 10.4. The van der Waals surface area contributed by atoms with E-state index in [1.165, 1.54) is 6.66 Å². The molecule has 0 radical (unpaired) electrons. The number of allylic oxidation sites excluding steroid dienone is 8. The topological polar surface area (TPSA) is 176 Å². The Bertz CT molecular complexity index is 846. The van der Waals surface area contributed by atoms with E-state index in [2.05, 4.69) is 37.5 Å². The third-order valence-corrected chi connectivity index (χ3v) is 17.8. The van der Waals surface area contributed by atoms with Crippen LogP contribution in [-0.4, -0.2) is 82.4 Å². The van der Waals surface area contributed by atoms with E-state index in [1.807, 2.05) is 0 Å². The molecule has 0 heterocycles. The van der Waals surface area contributed by atoms with E-state index in [4.69, 9.17) is 36.8 Å². The first-order valence-corrected chi connectivity index (χ1v) is 17.5. The van der Waals surface area contributed by atoms with Gasteiger partial charge in [0.15, 0.2) is 0 Å². The van der Waals surface area contributed by atoms with Crippen LogP contribution in [0.2, 0.25) is 0 Å². The summed E-state index contributed by atoms with van der Waals surface area (Å²) in [6.45, 7) is 5.30. The maximum absolute atomic E-state index is 9.24. The van der Waals surface area contributed by atoms with Crippen LogP contribution < -0.4 is 10.2 Å². The second kappa shape index (κ2) is 16.8. The van der Waals surface area contributed by atoms with Crippen molar-refractivity contribution in [2.75, 3.05) is 42.7 Å². The van der Waals surface area contributed by atoms with Crippen LogP contribution >= 0.6 is 0 Å². The molecule has 0 saturated carbocycles. The summed E-state index contributed by atoms with van der Waals surface area (Å²) in [6, 6.07) is 0. The predicted octanol–water partition coefficient (Wildman–Crippen LogP) is -0.0525. The van der Waals surface area contributed by atoms with Gasteiger partial charge >= 0.3 is 164 Å². The molecule has 0 spiro atoms. The third-order valence-electron chi connectivity index (χ3n) is 4.91. The Balaban J connectivity index is 0.000000896. The minimum atomic E-state index is -2.80. The number of carboxylic acids is 2. The number of carboxylic acid groups (broad SMARTS) is 2. The maximum atomic E-state index is 9.24. The fourth-order valence-corrected chi connectivity index (χ4v) is 15.8. The number of aliphatic hydroxyl groups excluding tert-OH is 2. The molecule has 0 saturated heterocycles. The summed E-state index contributed by atoms with van der Waals surface area (Å²) in [4.78, 5) is 18.5. The van der Waals surface area contributed by atoms with E-state index in [1.54, 1.807) is 42.7 Å². The number of hydrogen-bond acceptors (Lipinski definition) is 12. The van der Waals surface area contributed by atoms with E-state index < -0.39 is 64.0 Å². The summed E-state index contributed by atoms with van der Waals surface area (Å²) in [5, 5.41) is 36.3. The van der Waals surface area contributed by atoms with Crippen molar-refractivity contribution in [2.24, 2.45) is 0 Å². The second-order valence-electron chi connectivity index (χ2n) is 6.93. The van der Waals surface area contributed by atoms with Crippen molar-refractivity contribution in [3.63, 3.8) is 0 Å². The Kier molecular flexibility index (Phi) is 15.9. The van der Waals surface area contributed by atoms with Gasteiger partial charge in [0.05, 0.1) is 0 Å². The van der Waals surface area contributed by atoms with Crippen LogP contribution in [-0.2, 0) is 59.1 Å². The van der Waals surface area contributed by atoms with Gasteiger partial charge in [-0.15, -0.1) is 0 Å². The Morgan fingerprint density at radius 2 is 0.973 bits per heavy atom. The molecular formula is C22H32HfO12Si2. The van der Waals surface area contributed by atoms with Crippen LogP contribution in [0, 0.1) is 0 Å². The van der Waals surface area contributed by atoms with Gasteiger partial charge in [-0.1, -0.05) is 13.2 Å². The zero-order valence-corrected chi connectivity index (χ0v) is 27.2. The standard InChI is InChI=1S/2C8H13O3Si.2C3H4O3.Hf/c2*1-9-12(10-2,11-3)8-6-4-5-7-8;2*1-2(4)3(5)6;/h2*4,6H,5H2,1-3H3;2*4H,1H2,(H,5,6);/q;;;;+2/p-2. The van der Waals surface area contributed by atoms with Crippen LogP contribution in [0.5, 0.6) is 0 Å². The van der Waals surface area contributed by atoms with Gasteiger partial charge in [0.1, 0.15) is 23.5 Å². The Labute approximate surface area is 229 Å². The van der Waals surface area contributed by atoms with Crippen molar-refractivity contribution < 1.29 is 79.5 Å². The van der Waals surface area contributed by atoms with Gasteiger partial charge in [-0.2, -0.15) is 0 Å². The second-order valence-corrected chi connectivity index (χ2v) is 17.9. The Morgan fingerprint density at radius 3 is 1.16 bits per heavy atom. The molecule has 0 amide bonds. The van der Waals surface area contributed by atoms with Gasteiger partial charge in [0.2, 0.25) is 0 Å². The van der Waals surface area contributed by atoms with E-state index in [9.17, 15) is 19.8 Å². The van der Waals surface area contributed by atoms with Crippen molar-refractivity contribution in [2.45, 2.75) is 12.8 Å². The van der Waals surface area contributed by atoms with E-state index in [0.717, 1.165) is 23.2 Å². The summed E-state index contributed by atoms with van der Waals surface area (Å²) in [6.07, 6.45) is 10.5. The first-order chi connectivity index (χ1) is 17.3. The summed E-state index contributed by atoms with van der Waals surface area (Å²) >= 11 is -1.33. The summed E-state index contributed by atoms with van der Waals surface area (Å²) in [5.41, 5.74) is 0. The Hall–Kier alpha value is -1.96. The van der Waals surface area contributed by atoms with Crippen LogP contribution in [0.3, 0.4) is 0 Å². The molecule has 2 rings (SSSR count). The normalized spacial score (nSPS) is 14.4. The summed E-state index contributed by atoms with van der Waals surface area (Å²) in [7, 11) is 4.35. The number of carbonyl (C=O) groups is 2. The molecule has 0 aromatic rings. The number of hydrogen-bond donors (Lipinski definition) is 2. The van der Waals surface area contributed by atoms with E-state index >= 15 is 0 Å². The minimum absolute atomic E-state index is 0.935. The third kappa shape index (κ3) is 9.70. The van der Waals surface area contributed by atoms with Crippen molar-refractivity contribution >= 4 is 29.5 Å². The van der Waals surface area contributed by atoms with Crippen molar-refractivity contribution in [3.8, 4) is 0 Å². The number of rotatable bonds is 12. The van der Waals surface area contributed by atoms with Crippen molar-refractivity contribution in [1.29, 1.82) is 0 Å². The van der Waals surface area contributed by atoms with Gasteiger partial charge in [0, 0.05) is 0 Å². The molecule has 15 heteroatoms. The van der Waals surface area contributed by atoms with Gasteiger partial charge < -0.3 is 30.0 Å². The van der Waals surface area contributed by atoms with Gasteiger partial charge in [-0.05, 0) is 0 Å². The van der Waals surface area contributed by atoms with E-state index in [0.29, 0.717) is 0 Å². The van der Waals surface area contributed by atoms with Crippen LogP contribution in [0.25, 0.3) is 0 Å². The molecule has 204 valence electrons. The molecule has 0 unspecified atom stereocenters. The van der Waals surface area contributed by atoms with Gasteiger partial charge in [-0.3, -0.25) is 0 Å². The molecule has 0 aromatic heterocycles. The van der Waals surface area contributed by atoms with Crippen molar-refractivity contribution in [3.05, 3.63) is 66.0 Å². The number of carbonyl (C=O) groups excluding carboxylic acids is 2. The Morgan fingerprint density at radius 1 is 0.730 bits per heavy atom. The molecule has 2 aliphatic carbocycles. The molecule has 2 N–H and O–H groups in total. The molecule has 0 fully saturated rings. The van der Waals surface area contributed by atoms with Crippen LogP contribution in [0.4, 0.5) is 0 Å². The molecule has 37 heavy (non-hydrogen) atoms. The first kappa shape index (κ1) is 35.0. The molecular weight excluding hydrogens is 691 g/mol. The van der Waals surface area contributed by atoms with E-state index in [-0.39, 0.29) is 0 Å². The van der Waals surface area contributed by atoms with Crippen LogP contribution in [0.1, 0.15) is 12.8 Å². The number of aliphatic carboxylic acids is 2.